The Labute approximate surface area is 106 Å². The third-order valence-electron chi connectivity index (χ3n) is 2.76. The van der Waals surface area contributed by atoms with Gasteiger partial charge in [-0.2, -0.15) is 0 Å². The average molecular weight is 266 g/mol. The van der Waals surface area contributed by atoms with Crippen molar-refractivity contribution in [3.63, 3.8) is 0 Å². The number of hydrogen-bond acceptors (Lipinski definition) is 7. The third-order valence-corrected chi connectivity index (χ3v) is 2.76. The molecule has 0 saturated heterocycles. The van der Waals surface area contributed by atoms with Crippen molar-refractivity contribution in [2.75, 3.05) is 26.9 Å². The van der Waals surface area contributed by atoms with E-state index in [1.165, 1.54) is 7.11 Å². The molecule has 0 aromatic heterocycles. The van der Waals surface area contributed by atoms with Gasteiger partial charge in [0.2, 0.25) is 0 Å². The lowest BCUT2D eigenvalue weighted by atomic mass is 9.94. The van der Waals surface area contributed by atoms with Gasteiger partial charge < -0.3 is 34.7 Å². The summed E-state index contributed by atoms with van der Waals surface area (Å²) in [5.74, 6) is -1.32. The molecular formula is C11H22O7. The van der Waals surface area contributed by atoms with Gasteiger partial charge in [0, 0.05) is 18.9 Å². The molecule has 2 unspecified atom stereocenters. The summed E-state index contributed by atoms with van der Waals surface area (Å²) >= 11 is 0. The first-order chi connectivity index (χ1) is 8.55. The Morgan fingerprint density at radius 2 is 1.72 bits per heavy atom. The van der Waals surface area contributed by atoms with Crippen LogP contribution in [-0.2, 0) is 14.3 Å². The molecule has 4 N–H and O–H groups in total. The summed E-state index contributed by atoms with van der Waals surface area (Å²) < 4.78 is 9.99. The number of ether oxygens (including phenoxy) is 2. The van der Waals surface area contributed by atoms with Crippen molar-refractivity contribution < 1.29 is 34.7 Å². The molecule has 0 aromatic carbocycles. The molecule has 108 valence electrons. The van der Waals surface area contributed by atoms with Crippen LogP contribution >= 0.6 is 0 Å². The summed E-state index contributed by atoms with van der Waals surface area (Å²) in [4.78, 5) is 10.8. The first kappa shape index (κ1) is 17.4. The molecule has 0 amide bonds. The molecule has 0 aliphatic carbocycles. The minimum absolute atomic E-state index is 0.386. The summed E-state index contributed by atoms with van der Waals surface area (Å²) in [6.45, 7) is 0.317. The van der Waals surface area contributed by atoms with E-state index in [0.29, 0.717) is 6.29 Å². The SMILES string of the molecule is COC(CO)[C@@H](O)O[C@@H](C(C)C=O)C(CO)CO. The summed E-state index contributed by atoms with van der Waals surface area (Å²) in [7, 11) is 1.29. The lowest BCUT2D eigenvalue weighted by molar-refractivity contribution is -0.223. The number of aliphatic hydroxyl groups excluding tert-OH is 4. The first-order valence-electron chi connectivity index (χ1n) is 5.69. The van der Waals surface area contributed by atoms with E-state index >= 15 is 0 Å². The molecule has 0 fully saturated rings. The fraction of sp³-hybridized carbons (Fsp3) is 0.909. The molecule has 0 aliphatic rings. The predicted molar refractivity (Wildman–Crippen MR) is 61.7 cm³/mol. The van der Waals surface area contributed by atoms with Crippen LogP contribution in [-0.4, -0.2) is 72.1 Å². The Hall–Kier alpha value is -0.570. The average Bonchev–Trinajstić information content (AvgIpc) is 2.39. The van der Waals surface area contributed by atoms with Crippen molar-refractivity contribution in [3.05, 3.63) is 0 Å². The Balaban J connectivity index is 4.71. The number of aldehydes is 1. The van der Waals surface area contributed by atoms with Crippen LogP contribution < -0.4 is 0 Å². The van der Waals surface area contributed by atoms with E-state index in [4.69, 9.17) is 24.8 Å². The third kappa shape index (κ3) is 4.97. The lowest BCUT2D eigenvalue weighted by Crippen LogP contribution is -2.43. The molecule has 0 saturated carbocycles. The number of aliphatic hydroxyl groups is 4. The van der Waals surface area contributed by atoms with Crippen LogP contribution in [0.2, 0.25) is 0 Å². The second kappa shape index (κ2) is 9.37. The monoisotopic (exact) mass is 266 g/mol. The van der Waals surface area contributed by atoms with Gasteiger partial charge in [-0.05, 0) is 0 Å². The molecule has 0 bridgehead atoms. The first-order valence-corrected chi connectivity index (χ1v) is 5.69. The highest BCUT2D eigenvalue weighted by atomic mass is 16.6. The van der Waals surface area contributed by atoms with Gasteiger partial charge in [0.15, 0.2) is 6.29 Å². The van der Waals surface area contributed by atoms with Gasteiger partial charge >= 0.3 is 0 Å². The molecule has 4 atom stereocenters. The molecule has 0 radical (unpaired) electrons. The van der Waals surface area contributed by atoms with Crippen LogP contribution in [0.1, 0.15) is 6.92 Å². The Kier molecular flexibility index (Phi) is 9.08. The van der Waals surface area contributed by atoms with Gasteiger partial charge in [-0.25, -0.2) is 0 Å². The highest BCUT2D eigenvalue weighted by molar-refractivity contribution is 5.53. The molecule has 0 spiro atoms. The maximum atomic E-state index is 10.8. The van der Waals surface area contributed by atoms with Gasteiger partial charge in [0.05, 0.1) is 25.9 Å². The van der Waals surface area contributed by atoms with Crippen LogP contribution in [0.25, 0.3) is 0 Å². The van der Waals surface area contributed by atoms with Crippen molar-refractivity contribution in [1.29, 1.82) is 0 Å². The summed E-state index contributed by atoms with van der Waals surface area (Å²) in [5, 5.41) is 36.8. The summed E-state index contributed by atoms with van der Waals surface area (Å²) in [6, 6.07) is 0. The van der Waals surface area contributed by atoms with E-state index in [1.807, 2.05) is 0 Å². The minimum atomic E-state index is -1.45. The van der Waals surface area contributed by atoms with Crippen LogP contribution in [0, 0.1) is 11.8 Å². The molecule has 0 rings (SSSR count). The number of carbonyl (C=O) groups excluding carboxylic acids is 1. The van der Waals surface area contributed by atoms with E-state index in [2.05, 4.69) is 0 Å². The molecule has 0 aliphatic heterocycles. The molecule has 7 heteroatoms. The Bertz CT molecular complexity index is 215. The van der Waals surface area contributed by atoms with E-state index in [9.17, 15) is 9.90 Å². The van der Waals surface area contributed by atoms with Crippen molar-refractivity contribution in [2.24, 2.45) is 11.8 Å². The van der Waals surface area contributed by atoms with E-state index in [-0.39, 0.29) is 13.2 Å². The largest absolute Gasteiger partial charge is 0.396 e. The zero-order valence-corrected chi connectivity index (χ0v) is 10.6. The minimum Gasteiger partial charge on any atom is -0.396 e. The normalized spacial score (nSPS) is 18.4. The van der Waals surface area contributed by atoms with E-state index in [1.54, 1.807) is 6.92 Å². The number of rotatable bonds is 10. The van der Waals surface area contributed by atoms with Crippen LogP contribution in [0.4, 0.5) is 0 Å². The lowest BCUT2D eigenvalue weighted by Gasteiger charge is -2.31. The molecule has 0 heterocycles. The van der Waals surface area contributed by atoms with Crippen molar-refractivity contribution in [1.82, 2.24) is 0 Å². The standard InChI is InChI=1S/C11H22O7/c1-7(3-12)10(8(4-13)5-14)18-11(16)9(6-15)17-2/h3,7-11,13-16H,4-6H2,1-2H3/t7?,9?,10-,11-/m0/s1. The van der Waals surface area contributed by atoms with Crippen molar-refractivity contribution in [2.45, 2.75) is 25.4 Å². The molecule has 0 aromatic rings. The highest BCUT2D eigenvalue weighted by Gasteiger charge is 2.31. The maximum absolute atomic E-state index is 10.8. The van der Waals surface area contributed by atoms with Gasteiger partial charge in [0.1, 0.15) is 12.4 Å². The van der Waals surface area contributed by atoms with Crippen LogP contribution in [0.5, 0.6) is 0 Å². The number of hydrogen-bond donors (Lipinski definition) is 4. The summed E-state index contributed by atoms with van der Waals surface area (Å²) in [5.41, 5.74) is 0. The Morgan fingerprint density at radius 1 is 1.17 bits per heavy atom. The fourth-order valence-electron chi connectivity index (χ4n) is 1.54. The molecule has 7 nitrogen and oxygen atoms in total. The number of carbonyl (C=O) groups is 1. The van der Waals surface area contributed by atoms with Gasteiger partial charge in [-0.3, -0.25) is 0 Å². The second-order valence-corrected chi connectivity index (χ2v) is 4.07. The van der Waals surface area contributed by atoms with Crippen molar-refractivity contribution >= 4 is 6.29 Å². The van der Waals surface area contributed by atoms with Crippen LogP contribution in [0.3, 0.4) is 0 Å². The highest BCUT2D eigenvalue weighted by Crippen LogP contribution is 2.18. The molecule has 18 heavy (non-hydrogen) atoms. The topological polar surface area (TPSA) is 116 Å². The molecular weight excluding hydrogens is 244 g/mol. The predicted octanol–water partition coefficient (Wildman–Crippen LogP) is -1.87. The van der Waals surface area contributed by atoms with E-state index in [0.717, 1.165) is 0 Å². The van der Waals surface area contributed by atoms with Gasteiger partial charge in [0.25, 0.3) is 0 Å². The van der Waals surface area contributed by atoms with Gasteiger partial charge in [-0.15, -0.1) is 0 Å². The maximum Gasteiger partial charge on any atom is 0.183 e. The quantitative estimate of drug-likeness (QED) is 0.270. The smallest absolute Gasteiger partial charge is 0.183 e. The zero-order chi connectivity index (χ0) is 14.1. The zero-order valence-electron chi connectivity index (χ0n) is 10.6. The van der Waals surface area contributed by atoms with Crippen LogP contribution in [0.15, 0.2) is 0 Å². The van der Waals surface area contributed by atoms with E-state index < -0.39 is 36.9 Å². The fourth-order valence-corrected chi connectivity index (χ4v) is 1.54. The summed E-state index contributed by atoms with van der Waals surface area (Å²) in [6.07, 6.45) is -2.66. The van der Waals surface area contributed by atoms with Gasteiger partial charge in [-0.1, -0.05) is 6.92 Å². The second-order valence-electron chi connectivity index (χ2n) is 4.07. The number of methoxy groups -OCH3 is 1. The Morgan fingerprint density at radius 3 is 2.06 bits per heavy atom. The van der Waals surface area contributed by atoms with Crippen molar-refractivity contribution in [3.8, 4) is 0 Å².